The van der Waals surface area contributed by atoms with E-state index >= 15 is 0 Å². The van der Waals surface area contributed by atoms with E-state index in [1.54, 1.807) is 7.11 Å². The van der Waals surface area contributed by atoms with Crippen molar-refractivity contribution >= 4 is 5.78 Å². The molecule has 0 saturated carbocycles. The molecule has 1 aromatic carbocycles. The van der Waals surface area contributed by atoms with Crippen molar-refractivity contribution in [3.05, 3.63) is 29.8 Å². The Labute approximate surface area is 121 Å². The minimum Gasteiger partial charge on any atom is -0.497 e. The molecular weight excluding hydrogens is 252 g/mol. The van der Waals surface area contributed by atoms with Crippen LogP contribution in [0, 0.1) is 0 Å². The third-order valence-electron chi connectivity index (χ3n) is 4.09. The fraction of sp³-hybridized carbons (Fsp3) is 0.562. The van der Waals surface area contributed by atoms with Crippen LogP contribution in [0.2, 0.25) is 0 Å². The van der Waals surface area contributed by atoms with Gasteiger partial charge in [-0.1, -0.05) is 19.1 Å². The van der Waals surface area contributed by atoms with Crippen LogP contribution in [0.1, 0.15) is 23.7 Å². The molecule has 0 amide bonds. The summed E-state index contributed by atoms with van der Waals surface area (Å²) in [6, 6.07) is 7.96. The van der Waals surface area contributed by atoms with Gasteiger partial charge in [-0.2, -0.15) is 0 Å². The highest BCUT2D eigenvalue weighted by Gasteiger charge is 2.24. The van der Waals surface area contributed by atoms with Crippen molar-refractivity contribution in [3.63, 3.8) is 0 Å². The summed E-state index contributed by atoms with van der Waals surface area (Å²) in [4.78, 5) is 17.0. The zero-order chi connectivity index (χ0) is 14.5. The van der Waals surface area contributed by atoms with Crippen molar-refractivity contribution in [1.82, 2.24) is 9.80 Å². The average molecular weight is 276 g/mol. The van der Waals surface area contributed by atoms with Gasteiger partial charge in [0.05, 0.1) is 13.7 Å². The number of Topliss-reactive ketones (excluding diaryl/α,β-unsaturated/α-hetero) is 1. The lowest BCUT2D eigenvalue weighted by Gasteiger charge is -2.38. The molecule has 110 valence electrons. The molecule has 1 aromatic rings. The molecule has 0 radical (unpaired) electrons. The molecule has 0 spiro atoms. The normalized spacial score (nSPS) is 20.9. The molecule has 0 aliphatic carbocycles. The van der Waals surface area contributed by atoms with Crippen LogP contribution < -0.4 is 4.74 Å². The van der Waals surface area contributed by atoms with E-state index in [-0.39, 0.29) is 5.78 Å². The third kappa shape index (κ3) is 3.58. The summed E-state index contributed by atoms with van der Waals surface area (Å²) in [6.45, 7) is 5.67. The van der Waals surface area contributed by atoms with E-state index in [0.717, 1.165) is 37.4 Å². The molecule has 1 aliphatic rings. The lowest BCUT2D eigenvalue weighted by molar-refractivity contribution is 0.0742. The van der Waals surface area contributed by atoms with E-state index in [0.29, 0.717) is 12.6 Å². The number of hydrogen-bond donors (Lipinski definition) is 0. The molecule has 4 nitrogen and oxygen atoms in total. The first-order valence-corrected chi connectivity index (χ1v) is 7.24. The molecule has 20 heavy (non-hydrogen) atoms. The lowest BCUT2D eigenvalue weighted by Crippen LogP contribution is -2.52. The highest BCUT2D eigenvalue weighted by molar-refractivity contribution is 5.97. The van der Waals surface area contributed by atoms with Gasteiger partial charge in [-0.25, -0.2) is 0 Å². The standard InChI is InChI=1S/C16H24N2O2/c1-4-14-11-18(9-8-17(14)2)12-16(19)13-6-5-7-15(10-13)20-3/h5-7,10,14H,4,8-9,11-12H2,1-3H3. The van der Waals surface area contributed by atoms with Crippen LogP contribution in [0.4, 0.5) is 0 Å². The van der Waals surface area contributed by atoms with E-state index in [9.17, 15) is 4.79 Å². The number of nitrogens with zero attached hydrogens (tertiary/aromatic N) is 2. The van der Waals surface area contributed by atoms with Gasteiger partial charge >= 0.3 is 0 Å². The monoisotopic (exact) mass is 276 g/mol. The average Bonchev–Trinajstić information content (AvgIpc) is 2.49. The summed E-state index contributed by atoms with van der Waals surface area (Å²) in [5.74, 6) is 0.906. The second-order valence-electron chi connectivity index (χ2n) is 5.43. The van der Waals surface area contributed by atoms with Gasteiger partial charge in [0.15, 0.2) is 5.78 Å². The quantitative estimate of drug-likeness (QED) is 0.769. The minimum atomic E-state index is 0.170. The van der Waals surface area contributed by atoms with Gasteiger partial charge in [-0.05, 0) is 25.6 Å². The Hall–Kier alpha value is -1.39. The zero-order valence-corrected chi connectivity index (χ0v) is 12.6. The van der Waals surface area contributed by atoms with Crippen LogP contribution in [0.3, 0.4) is 0 Å². The molecule has 1 heterocycles. The first-order valence-electron chi connectivity index (χ1n) is 7.24. The molecule has 0 aromatic heterocycles. The van der Waals surface area contributed by atoms with E-state index in [1.807, 2.05) is 24.3 Å². The Bertz CT molecular complexity index is 462. The summed E-state index contributed by atoms with van der Waals surface area (Å²) >= 11 is 0. The van der Waals surface area contributed by atoms with Crippen molar-refractivity contribution in [1.29, 1.82) is 0 Å². The topological polar surface area (TPSA) is 32.8 Å². The number of hydrogen-bond acceptors (Lipinski definition) is 4. The van der Waals surface area contributed by atoms with Crippen LogP contribution in [-0.4, -0.2) is 62.0 Å². The summed E-state index contributed by atoms with van der Waals surface area (Å²) in [6.07, 6.45) is 1.13. The maximum absolute atomic E-state index is 12.3. The van der Waals surface area contributed by atoms with Gasteiger partial charge in [0.2, 0.25) is 0 Å². The number of piperazine rings is 1. The fourth-order valence-corrected chi connectivity index (χ4v) is 2.69. The Kier molecular flexibility index (Phi) is 5.15. The number of ether oxygens (including phenoxy) is 1. The van der Waals surface area contributed by atoms with Crippen molar-refractivity contribution < 1.29 is 9.53 Å². The molecule has 1 atom stereocenters. The molecule has 1 aliphatic heterocycles. The maximum Gasteiger partial charge on any atom is 0.176 e. The van der Waals surface area contributed by atoms with E-state index in [2.05, 4.69) is 23.8 Å². The lowest BCUT2D eigenvalue weighted by atomic mass is 10.1. The van der Waals surface area contributed by atoms with Crippen LogP contribution in [0.5, 0.6) is 5.75 Å². The largest absolute Gasteiger partial charge is 0.497 e. The fourth-order valence-electron chi connectivity index (χ4n) is 2.69. The second kappa shape index (κ2) is 6.86. The predicted octanol–water partition coefficient (Wildman–Crippen LogP) is 1.90. The SMILES string of the molecule is CCC1CN(CC(=O)c2cccc(OC)c2)CCN1C. The van der Waals surface area contributed by atoms with Crippen LogP contribution in [0.25, 0.3) is 0 Å². The van der Waals surface area contributed by atoms with Gasteiger partial charge in [-0.15, -0.1) is 0 Å². The molecule has 0 N–H and O–H groups in total. The Morgan fingerprint density at radius 1 is 1.40 bits per heavy atom. The summed E-state index contributed by atoms with van der Waals surface area (Å²) in [5, 5.41) is 0. The highest BCUT2D eigenvalue weighted by Crippen LogP contribution is 2.15. The first-order chi connectivity index (χ1) is 9.63. The molecule has 4 heteroatoms. The molecular formula is C16H24N2O2. The van der Waals surface area contributed by atoms with E-state index in [1.165, 1.54) is 0 Å². The Morgan fingerprint density at radius 3 is 2.90 bits per heavy atom. The van der Waals surface area contributed by atoms with Crippen LogP contribution in [0.15, 0.2) is 24.3 Å². The van der Waals surface area contributed by atoms with E-state index < -0.39 is 0 Å². The number of likely N-dealkylation sites (N-methyl/N-ethyl adjacent to an activating group) is 1. The molecule has 1 unspecified atom stereocenters. The number of carbonyl (C=O) groups excluding carboxylic acids is 1. The summed E-state index contributed by atoms with van der Waals surface area (Å²) < 4.78 is 5.17. The van der Waals surface area contributed by atoms with Gasteiger partial charge in [0.25, 0.3) is 0 Å². The molecule has 1 saturated heterocycles. The first kappa shape index (κ1) is 15.0. The van der Waals surface area contributed by atoms with Crippen molar-refractivity contribution in [2.75, 3.05) is 40.3 Å². The van der Waals surface area contributed by atoms with Gasteiger partial charge in [0.1, 0.15) is 5.75 Å². The smallest absolute Gasteiger partial charge is 0.176 e. The third-order valence-corrected chi connectivity index (χ3v) is 4.09. The van der Waals surface area contributed by atoms with Crippen LogP contribution >= 0.6 is 0 Å². The predicted molar refractivity (Wildman–Crippen MR) is 80.5 cm³/mol. The zero-order valence-electron chi connectivity index (χ0n) is 12.6. The Balaban J connectivity index is 1.97. The van der Waals surface area contributed by atoms with Crippen molar-refractivity contribution in [2.24, 2.45) is 0 Å². The highest BCUT2D eigenvalue weighted by atomic mass is 16.5. The van der Waals surface area contributed by atoms with Crippen LogP contribution in [-0.2, 0) is 0 Å². The summed E-state index contributed by atoms with van der Waals surface area (Å²) in [7, 11) is 3.78. The van der Waals surface area contributed by atoms with Gasteiger partial charge < -0.3 is 9.64 Å². The van der Waals surface area contributed by atoms with Gasteiger partial charge in [-0.3, -0.25) is 9.69 Å². The van der Waals surface area contributed by atoms with Crippen molar-refractivity contribution in [2.45, 2.75) is 19.4 Å². The summed E-state index contributed by atoms with van der Waals surface area (Å²) in [5.41, 5.74) is 0.733. The van der Waals surface area contributed by atoms with Gasteiger partial charge in [0, 0.05) is 31.2 Å². The van der Waals surface area contributed by atoms with Crippen molar-refractivity contribution in [3.8, 4) is 5.75 Å². The number of rotatable bonds is 5. The number of carbonyl (C=O) groups is 1. The number of ketones is 1. The minimum absolute atomic E-state index is 0.170. The molecule has 2 rings (SSSR count). The second-order valence-corrected chi connectivity index (χ2v) is 5.43. The number of benzene rings is 1. The Morgan fingerprint density at radius 2 is 2.20 bits per heavy atom. The molecule has 1 fully saturated rings. The maximum atomic E-state index is 12.3. The molecule has 0 bridgehead atoms. The van der Waals surface area contributed by atoms with E-state index in [4.69, 9.17) is 4.74 Å². The number of methoxy groups -OCH3 is 1.